The third-order valence-corrected chi connectivity index (χ3v) is 6.09. The average molecular weight is 453 g/mol. The Kier molecular flexibility index (Phi) is 6.04. The number of aromatic nitrogens is 3. The Labute approximate surface area is 194 Å². The lowest BCUT2D eigenvalue weighted by Gasteiger charge is -2.09. The molecule has 0 unspecified atom stereocenters. The van der Waals surface area contributed by atoms with Crippen molar-refractivity contribution in [2.45, 2.75) is 16.3 Å². The number of fused-ring (bicyclic) bond motifs is 1. The van der Waals surface area contributed by atoms with E-state index in [0.717, 1.165) is 32.1 Å². The fourth-order valence-corrected chi connectivity index (χ4v) is 4.38. The van der Waals surface area contributed by atoms with E-state index in [9.17, 15) is 4.79 Å². The molecule has 0 saturated heterocycles. The lowest BCUT2D eigenvalue weighted by atomic mass is 10.2. The number of nitrogens with zero attached hydrogens (tertiary/aromatic N) is 2. The van der Waals surface area contributed by atoms with Crippen molar-refractivity contribution in [3.63, 3.8) is 0 Å². The van der Waals surface area contributed by atoms with Gasteiger partial charge in [-0.05, 0) is 66.7 Å². The van der Waals surface area contributed by atoms with Crippen LogP contribution >= 0.6 is 11.8 Å². The van der Waals surface area contributed by atoms with Crippen LogP contribution in [0.2, 0.25) is 0 Å². The lowest BCUT2D eigenvalue weighted by Crippen LogP contribution is -2.23. The molecule has 0 aliphatic heterocycles. The molecule has 0 saturated carbocycles. The molecule has 7 heteroatoms. The monoisotopic (exact) mass is 452 g/mol. The molecule has 0 atom stereocenters. The first kappa shape index (κ1) is 20.8. The topological polar surface area (TPSA) is 83.8 Å². The van der Waals surface area contributed by atoms with Crippen LogP contribution in [-0.2, 0) is 6.54 Å². The summed E-state index contributed by atoms with van der Waals surface area (Å²) in [5, 5.41) is 11.5. The highest BCUT2D eigenvalue weighted by Gasteiger charge is 2.13. The van der Waals surface area contributed by atoms with Crippen LogP contribution in [0.3, 0.4) is 0 Å². The molecular formula is C26H20N4O2S. The van der Waals surface area contributed by atoms with E-state index >= 15 is 0 Å². The number of rotatable bonds is 7. The van der Waals surface area contributed by atoms with E-state index in [1.165, 1.54) is 0 Å². The van der Waals surface area contributed by atoms with Gasteiger partial charge in [-0.3, -0.25) is 14.9 Å². The summed E-state index contributed by atoms with van der Waals surface area (Å²) in [4.78, 5) is 19.0. The second kappa shape index (κ2) is 9.58. The zero-order valence-electron chi connectivity index (χ0n) is 17.6. The molecule has 2 N–H and O–H groups in total. The van der Waals surface area contributed by atoms with Crippen molar-refractivity contribution < 1.29 is 9.21 Å². The Morgan fingerprint density at radius 2 is 1.94 bits per heavy atom. The third kappa shape index (κ3) is 4.88. The number of amides is 1. The van der Waals surface area contributed by atoms with Gasteiger partial charge in [-0.2, -0.15) is 5.10 Å². The molecule has 0 spiro atoms. The molecule has 162 valence electrons. The SMILES string of the molecule is O=C(NCc1ccco1)c1ccccc1Sc1ccc2c(C=Cc3ccccn3)n[nH]c2c1. The highest BCUT2D eigenvalue weighted by molar-refractivity contribution is 7.99. The van der Waals surface area contributed by atoms with Gasteiger partial charge in [0.05, 0.1) is 35.3 Å². The first-order valence-electron chi connectivity index (χ1n) is 10.4. The van der Waals surface area contributed by atoms with Crippen LogP contribution in [0.1, 0.15) is 27.5 Å². The van der Waals surface area contributed by atoms with Crippen LogP contribution in [0.4, 0.5) is 0 Å². The summed E-state index contributed by atoms with van der Waals surface area (Å²) >= 11 is 1.54. The number of nitrogens with one attached hydrogen (secondary N) is 2. The summed E-state index contributed by atoms with van der Waals surface area (Å²) < 4.78 is 5.29. The maximum Gasteiger partial charge on any atom is 0.252 e. The summed E-state index contributed by atoms with van der Waals surface area (Å²) in [6.45, 7) is 0.347. The van der Waals surface area contributed by atoms with E-state index in [-0.39, 0.29) is 5.91 Å². The molecule has 6 nitrogen and oxygen atoms in total. The number of benzene rings is 2. The van der Waals surface area contributed by atoms with Crippen LogP contribution in [-0.4, -0.2) is 21.1 Å². The van der Waals surface area contributed by atoms with Gasteiger partial charge < -0.3 is 9.73 Å². The summed E-state index contributed by atoms with van der Waals surface area (Å²) in [7, 11) is 0. The summed E-state index contributed by atoms with van der Waals surface area (Å²) in [6, 6.07) is 23.1. The van der Waals surface area contributed by atoms with Crippen molar-refractivity contribution >= 4 is 40.7 Å². The molecule has 2 aromatic carbocycles. The van der Waals surface area contributed by atoms with Crippen LogP contribution in [0, 0.1) is 0 Å². The Hall–Kier alpha value is -4.10. The van der Waals surface area contributed by atoms with E-state index in [1.807, 2.05) is 78.9 Å². The van der Waals surface area contributed by atoms with Crippen molar-refractivity contribution in [2.24, 2.45) is 0 Å². The Morgan fingerprint density at radius 1 is 1.03 bits per heavy atom. The largest absolute Gasteiger partial charge is 0.467 e. The predicted molar refractivity (Wildman–Crippen MR) is 130 cm³/mol. The van der Waals surface area contributed by atoms with Gasteiger partial charge in [0.2, 0.25) is 0 Å². The number of hydrogen-bond donors (Lipinski definition) is 2. The molecule has 5 aromatic rings. The van der Waals surface area contributed by atoms with Gasteiger partial charge in [0.25, 0.3) is 5.91 Å². The highest BCUT2D eigenvalue weighted by atomic mass is 32.2. The van der Waals surface area contributed by atoms with Crippen LogP contribution < -0.4 is 5.32 Å². The third-order valence-electron chi connectivity index (χ3n) is 5.03. The van der Waals surface area contributed by atoms with E-state index in [2.05, 4.69) is 20.5 Å². The lowest BCUT2D eigenvalue weighted by molar-refractivity contribution is 0.0945. The van der Waals surface area contributed by atoms with Crippen molar-refractivity contribution in [1.29, 1.82) is 0 Å². The average Bonchev–Trinajstić information content (AvgIpc) is 3.52. The van der Waals surface area contributed by atoms with Crippen molar-refractivity contribution in [1.82, 2.24) is 20.5 Å². The molecule has 33 heavy (non-hydrogen) atoms. The van der Waals surface area contributed by atoms with Crippen LogP contribution in [0.5, 0.6) is 0 Å². The Bertz CT molecular complexity index is 1410. The zero-order chi connectivity index (χ0) is 22.5. The number of H-pyrrole nitrogens is 1. The second-order valence-corrected chi connectivity index (χ2v) is 8.38. The number of aromatic amines is 1. The van der Waals surface area contributed by atoms with E-state index in [1.54, 1.807) is 30.3 Å². The molecule has 0 bridgehead atoms. The standard InChI is InChI=1S/C26H20N4O2S/c31-26(28-17-19-7-5-15-32-19)22-8-1-2-9-25(22)33-20-11-12-21-23(29-30-24(21)16-20)13-10-18-6-3-4-14-27-18/h1-16H,17H2,(H,28,31)(H,29,30). The molecule has 0 aliphatic carbocycles. The normalized spacial score (nSPS) is 11.3. The minimum Gasteiger partial charge on any atom is -0.467 e. The number of hydrogen-bond acceptors (Lipinski definition) is 5. The maximum absolute atomic E-state index is 12.8. The second-order valence-electron chi connectivity index (χ2n) is 7.26. The fourth-order valence-electron chi connectivity index (χ4n) is 3.40. The van der Waals surface area contributed by atoms with Gasteiger partial charge in [0.1, 0.15) is 5.76 Å². The first-order chi connectivity index (χ1) is 16.3. The van der Waals surface area contributed by atoms with Crippen LogP contribution in [0.15, 0.2) is 99.5 Å². The number of pyridine rings is 1. The predicted octanol–water partition coefficient (Wildman–Crippen LogP) is 5.80. The smallest absolute Gasteiger partial charge is 0.252 e. The molecule has 0 fully saturated rings. The van der Waals surface area contributed by atoms with E-state index in [0.29, 0.717) is 17.9 Å². The van der Waals surface area contributed by atoms with Gasteiger partial charge in [-0.15, -0.1) is 0 Å². The molecule has 1 amide bonds. The van der Waals surface area contributed by atoms with Gasteiger partial charge in [-0.1, -0.05) is 30.0 Å². The summed E-state index contributed by atoms with van der Waals surface area (Å²) in [5.41, 5.74) is 3.28. The Morgan fingerprint density at radius 3 is 2.79 bits per heavy atom. The van der Waals surface area contributed by atoms with Crippen molar-refractivity contribution in [3.8, 4) is 0 Å². The van der Waals surface area contributed by atoms with E-state index in [4.69, 9.17) is 4.42 Å². The molecule has 3 heterocycles. The van der Waals surface area contributed by atoms with Gasteiger partial charge in [0, 0.05) is 21.4 Å². The first-order valence-corrected chi connectivity index (χ1v) is 11.2. The molecule has 0 aliphatic rings. The number of carbonyl (C=O) groups is 1. The Balaban J connectivity index is 1.33. The maximum atomic E-state index is 12.8. The fraction of sp³-hybridized carbons (Fsp3) is 0.0385. The van der Waals surface area contributed by atoms with Crippen molar-refractivity contribution in [3.05, 3.63) is 108 Å². The van der Waals surface area contributed by atoms with Crippen LogP contribution in [0.25, 0.3) is 23.1 Å². The van der Waals surface area contributed by atoms with Gasteiger partial charge in [0.15, 0.2) is 0 Å². The number of furan rings is 1. The molecule has 0 radical (unpaired) electrons. The van der Waals surface area contributed by atoms with Gasteiger partial charge >= 0.3 is 0 Å². The van der Waals surface area contributed by atoms with E-state index < -0.39 is 0 Å². The molecular weight excluding hydrogens is 432 g/mol. The zero-order valence-corrected chi connectivity index (χ0v) is 18.4. The summed E-state index contributed by atoms with van der Waals surface area (Å²) in [6.07, 6.45) is 7.25. The molecule has 3 aromatic heterocycles. The minimum atomic E-state index is -0.140. The van der Waals surface area contributed by atoms with Gasteiger partial charge in [-0.25, -0.2) is 0 Å². The summed E-state index contributed by atoms with van der Waals surface area (Å²) in [5.74, 6) is 0.574. The highest BCUT2D eigenvalue weighted by Crippen LogP contribution is 2.33. The molecule has 5 rings (SSSR count). The number of carbonyl (C=O) groups excluding carboxylic acids is 1. The quantitative estimate of drug-likeness (QED) is 0.326. The van der Waals surface area contributed by atoms with Crippen molar-refractivity contribution in [2.75, 3.05) is 0 Å². The minimum absolute atomic E-state index is 0.140.